The Hall–Kier alpha value is -1.49. The summed E-state index contributed by atoms with van der Waals surface area (Å²) in [7, 11) is 0. The second kappa shape index (κ2) is 6.61. The lowest BCUT2D eigenvalue weighted by atomic mass is 10.1. The maximum Gasteiger partial charge on any atom is 0.0705 e. The molecule has 0 saturated carbocycles. The van der Waals surface area contributed by atoms with Gasteiger partial charge in [-0.1, -0.05) is 24.3 Å². The highest BCUT2D eigenvalue weighted by molar-refractivity contribution is 5.78. The van der Waals surface area contributed by atoms with Crippen molar-refractivity contribution in [1.82, 2.24) is 10.4 Å². The Morgan fingerprint density at radius 1 is 1.21 bits per heavy atom. The molecule has 2 aromatic rings. The normalized spacial score (nSPS) is 13.1. The molecule has 1 heterocycles. The van der Waals surface area contributed by atoms with Gasteiger partial charge in [-0.15, -0.1) is 0 Å². The van der Waals surface area contributed by atoms with Crippen molar-refractivity contribution in [3.63, 3.8) is 0 Å². The first-order valence-corrected chi connectivity index (χ1v) is 6.61. The zero-order chi connectivity index (χ0) is 13.7. The van der Waals surface area contributed by atoms with Crippen LogP contribution in [0.25, 0.3) is 10.9 Å². The standard InChI is InChI=1S/C15H21N3O/c1-11(2)19-10-14(18-16)9-13-8-7-12-5-3-4-6-15(12)17-13/h3-8,11,14,18H,9-10,16H2,1-2H3. The minimum Gasteiger partial charge on any atom is -0.377 e. The van der Waals surface area contributed by atoms with Crippen LogP contribution in [0.5, 0.6) is 0 Å². The Bertz CT molecular complexity index is 528. The fourth-order valence-corrected chi connectivity index (χ4v) is 1.95. The summed E-state index contributed by atoms with van der Waals surface area (Å²) in [4.78, 5) is 4.64. The lowest BCUT2D eigenvalue weighted by Crippen LogP contribution is -2.41. The third kappa shape index (κ3) is 3.99. The Morgan fingerprint density at radius 2 is 2.00 bits per heavy atom. The summed E-state index contributed by atoms with van der Waals surface area (Å²) in [5.41, 5.74) is 4.83. The van der Waals surface area contributed by atoms with E-state index in [1.807, 2.05) is 38.1 Å². The summed E-state index contributed by atoms with van der Waals surface area (Å²) < 4.78 is 5.58. The first-order valence-electron chi connectivity index (χ1n) is 6.61. The molecule has 0 radical (unpaired) electrons. The Morgan fingerprint density at radius 3 is 2.74 bits per heavy atom. The van der Waals surface area contributed by atoms with Crippen LogP contribution in [0.15, 0.2) is 36.4 Å². The molecule has 102 valence electrons. The number of fused-ring (bicyclic) bond motifs is 1. The summed E-state index contributed by atoms with van der Waals surface area (Å²) in [5, 5.41) is 1.15. The molecule has 0 spiro atoms. The lowest BCUT2D eigenvalue weighted by Gasteiger charge is -2.17. The molecule has 1 aromatic heterocycles. The number of rotatable bonds is 6. The van der Waals surface area contributed by atoms with E-state index in [0.717, 1.165) is 23.0 Å². The predicted molar refractivity (Wildman–Crippen MR) is 77.6 cm³/mol. The number of pyridine rings is 1. The van der Waals surface area contributed by atoms with Crippen molar-refractivity contribution in [3.8, 4) is 0 Å². The number of ether oxygens (including phenoxy) is 1. The van der Waals surface area contributed by atoms with Crippen LogP contribution in [0.2, 0.25) is 0 Å². The molecule has 19 heavy (non-hydrogen) atoms. The molecule has 0 saturated heterocycles. The monoisotopic (exact) mass is 259 g/mol. The fraction of sp³-hybridized carbons (Fsp3) is 0.400. The van der Waals surface area contributed by atoms with Crippen LogP contribution >= 0.6 is 0 Å². The topological polar surface area (TPSA) is 60.2 Å². The zero-order valence-electron chi connectivity index (χ0n) is 11.5. The summed E-state index contributed by atoms with van der Waals surface area (Å²) in [6, 6.07) is 12.3. The van der Waals surface area contributed by atoms with Gasteiger partial charge in [0.1, 0.15) is 0 Å². The SMILES string of the molecule is CC(C)OCC(Cc1ccc2ccccc2n1)NN. The van der Waals surface area contributed by atoms with E-state index in [2.05, 4.69) is 22.5 Å². The molecule has 0 aliphatic carbocycles. The maximum absolute atomic E-state index is 5.58. The molecule has 4 heteroatoms. The van der Waals surface area contributed by atoms with Crippen LogP contribution in [-0.2, 0) is 11.2 Å². The Balaban J connectivity index is 2.06. The highest BCUT2D eigenvalue weighted by Gasteiger charge is 2.10. The minimum atomic E-state index is 0.0797. The molecule has 0 bridgehead atoms. The van der Waals surface area contributed by atoms with Crippen molar-refractivity contribution in [1.29, 1.82) is 0 Å². The molecule has 0 aliphatic heterocycles. The minimum absolute atomic E-state index is 0.0797. The molecule has 0 aliphatic rings. The van der Waals surface area contributed by atoms with Gasteiger partial charge in [0.05, 0.1) is 18.2 Å². The van der Waals surface area contributed by atoms with Crippen LogP contribution < -0.4 is 11.3 Å². The van der Waals surface area contributed by atoms with Gasteiger partial charge >= 0.3 is 0 Å². The number of hydrazine groups is 1. The van der Waals surface area contributed by atoms with Crippen LogP contribution in [0.3, 0.4) is 0 Å². The number of aromatic nitrogens is 1. The largest absolute Gasteiger partial charge is 0.377 e. The molecular formula is C15H21N3O. The third-order valence-electron chi connectivity index (χ3n) is 2.98. The molecule has 4 nitrogen and oxygen atoms in total. The van der Waals surface area contributed by atoms with E-state index in [9.17, 15) is 0 Å². The zero-order valence-corrected chi connectivity index (χ0v) is 11.5. The van der Waals surface area contributed by atoms with Crippen LogP contribution in [-0.4, -0.2) is 23.7 Å². The first-order chi connectivity index (χ1) is 9.19. The van der Waals surface area contributed by atoms with E-state index in [-0.39, 0.29) is 12.1 Å². The van der Waals surface area contributed by atoms with Crippen molar-refractivity contribution >= 4 is 10.9 Å². The molecule has 1 aromatic carbocycles. The van der Waals surface area contributed by atoms with Gasteiger partial charge in [-0.05, 0) is 26.0 Å². The van der Waals surface area contributed by atoms with Gasteiger partial charge in [0.15, 0.2) is 0 Å². The van der Waals surface area contributed by atoms with E-state index < -0.39 is 0 Å². The Labute approximate surface area is 113 Å². The predicted octanol–water partition coefficient (Wildman–Crippen LogP) is 2.03. The molecule has 1 unspecified atom stereocenters. The average molecular weight is 259 g/mol. The van der Waals surface area contributed by atoms with Gasteiger partial charge in [-0.2, -0.15) is 0 Å². The van der Waals surface area contributed by atoms with E-state index in [1.165, 1.54) is 0 Å². The quantitative estimate of drug-likeness (QED) is 0.615. The summed E-state index contributed by atoms with van der Waals surface area (Å²) in [6.07, 6.45) is 0.967. The van der Waals surface area contributed by atoms with E-state index in [0.29, 0.717) is 6.61 Å². The summed E-state index contributed by atoms with van der Waals surface area (Å²) in [5.74, 6) is 5.56. The number of benzene rings is 1. The van der Waals surface area contributed by atoms with Gasteiger partial charge in [-0.25, -0.2) is 0 Å². The van der Waals surface area contributed by atoms with Crippen LogP contribution in [0.4, 0.5) is 0 Å². The van der Waals surface area contributed by atoms with Crippen molar-refractivity contribution in [2.24, 2.45) is 5.84 Å². The summed E-state index contributed by atoms with van der Waals surface area (Å²) >= 11 is 0. The van der Waals surface area contributed by atoms with Gasteiger partial charge in [-0.3, -0.25) is 16.3 Å². The van der Waals surface area contributed by atoms with E-state index in [1.54, 1.807) is 0 Å². The summed E-state index contributed by atoms with van der Waals surface area (Å²) in [6.45, 7) is 4.62. The van der Waals surface area contributed by atoms with E-state index >= 15 is 0 Å². The third-order valence-corrected chi connectivity index (χ3v) is 2.98. The molecule has 2 rings (SSSR count). The lowest BCUT2D eigenvalue weighted by molar-refractivity contribution is 0.0611. The number of hydrogen-bond donors (Lipinski definition) is 2. The second-order valence-electron chi connectivity index (χ2n) is 4.95. The average Bonchev–Trinajstić information content (AvgIpc) is 2.43. The van der Waals surface area contributed by atoms with Gasteiger partial charge in [0.25, 0.3) is 0 Å². The fourth-order valence-electron chi connectivity index (χ4n) is 1.95. The maximum atomic E-state index is 5.58. The first kappa shape index (κ1) is 13.9. The highest BCUT2D eigenvalue weighted by Crippen LogP contribution is 2.12. The van der Waals surface area contributed by atoms with Crippen LogP contribution in [0, 0.1) is 0 Å². The molecule has 0 fully saturated rings. The van der Waals surface area contributed by atoms with Crippen molar-refractivity contribution < 1.29 is 4.74 Å². The van der Waals surface area contributed by atoms with Crippen molar-refractivity contribution in [2.45, 2.75) is 32.4 Å². The van der Waals surface area contributed by atoms with E-state index in [4.69, 9.17) is 10.6 Å². The van der Waals surface area contributed by atoms with Crippen molar-refractivity contribution in [2.75, 3.05) is 6.61 Å². The number of nitrogens with zero attached hydrogens (tertiary/aromatic N) is 1. The number of hydrogen-bond acceptors (Lipinski definition) is 4. The van der Waals surface area contributed by atoms with Gasteiger partial charge in [0, 0.05) is 23.5 Å². The van der Waals surface area contributed by atoms with Gasteiger partial charge in [0.2, 0.25) is 0 Å². The van der Waals surface area contributed by atoms with Crippen LogP contribution in [0.1, 0.15) is 19.5 Å². The molecule has 3 N–H and O–H groups in total. The number of nitrogens with two attached hydrogens (primary N) is 1. The smallest absolute Gasteiger partial charge is 0.0705 e. The highest BCUT2D eigenvalue weighted by atomic mass is 16.5. The van der Waals surface area contributed by atoms with Crippen molar-refractivity contribution in [3.05, 3.63) is 42.1 Å². The van der Waals surface area contributed by atoms with Gasteiger partial charge < -0.3 is 4.74 Å². The molecule has 0 amide bonds. The molecule has 1 atom stereocenters. The second-order valence-corrected chi connectivity index (χ2v) is 4.95. The number of para-hydroxylation sites is 1. The molecular weight excluding hydrogens is 238 g/mol. The Kier molecular flexibility index (Phi) is 4.85. The number of nitrogens with one attached hydrogen (secondary N) is 1.